The van der Waals surface area contributed by atoms with Crippen molar-refractivity contribution >= 4 is 11.6 Å². The van der Waals surface area contributed by atoms with Gasteiger partial charge >= 0.3 is 0 Å². The smallest absolute Gasteiger partial charge is 0.129 e. The summed E-state index contributed by atoms with van der Waals surface area (Å²) in [6.45, 7) is 4.10. The monoisotopic (exact) mass is 215 g/mol. The van der Waals surface area contributed by atoms with Gasteiger partial charge in [-0.05, 0) is 24.5 Å². The zero-order valence-corrected chi connectivity index (χ0v) is 9.18. The summed E-state index contributed by atoms with van der Waals surface area (Å²) in [5.41, 5.74) is 6.31. The number of benzene rings is 1. The normalized spacial score (nSPS) is 13.3. The van der Waals surface area contributed by atoms with Crippen molar-refractivity contribution < 1.29 is 4.39 Å². The Morgan fingerprint density at radius 2 is 2.07 bits per heavy atom. The maximum Gasteiger partial charge on any atom is 0.129 e. The van der Waals surface area contributed by atoms with Crippen LogP contribution in [0, 0.1) is 11.7 Å². The van der Waals surface area contributed by atoms with Gasteiger partial charge in [0.05, 0.1) is 0 Å². The molecular formula is C11H15ClFN. The molecule has 1 unspecified atom stereocenters. The average molecular weight is 216 g/mol. The Balaban J connectivity index is 2.94. The van der Waals surface area contributed by atoms with E-state index in [9.17, 15) is 4.39 Å². The zero-order valence-electron chi connectivity index (χ0n) is 8.43. The standard InChI is InChI=1S/C11H15ClFN/c1-7(2)6-10(14)11-8(12)4-3-5-9(11)13/h3-5,7,10H,6,14H2,1-2H3. The van der Waals surface area contributed by atoms with Gasteiger partial charge in [0.25, 0.3) is 0 Å². The van der Waals surface area contributed by atoms with Crippen LogP contribution >= 0.6 is 11.6 Å². The van der Waals surface area contributed by atoms with E-state index < -0.39 is 0 Å². The molecule has 0 fully saturated rings. The molecule has 1 rings (SSSR count). The van der Waals surface area contributed by atoms with Crippen LogP contribution in [0.3, 0.4) is 0 Å². The molecule has 0 amide bonds. The van der Waals surface area contributed by atoms with E-state index in [4.69, 9.17) is 17.3 Å². The van der Waals surface area contributed by atoms with Crippen LogP contribution in [0.15, 0.2) is 18.2 Å². The van der Waals surface area contributed by atoms with Crippen molar-refractivity contribution in [3.63, 3.8) is 0 Å². The maximum atomic E-state index is 13.4. The van der Waals surface area contributed by atoms with Gasteiger partial charge < -0.3 is 5.73 Å². The summed E-state index contributed by atoms with van der Waals surface area (Å²) in [6, 6.07) is 4.33. The van der Waals surface area contributed by atoms with Crippen molar-refractivity contribution in [3.05, 3.63) is 34.6 Å². The van der Waals surface area contributed by atoms with Crippen LogP contribution in [0.1, 0.15) is 31.9 Å². The lowest BCUT2D eigenvalue weighted by molar-refractivity contribution is 0.489. The average Bonchev–Trinajstić information content (AvgIpc) is 2.01. The molecule has 0 aromatic heterocycles. The molecule has 1 atom stereocenters. The Kier molecular flexibility index (Phi) is 3.90. The van der Waals surface area contributed by atoms with Gasteiger partial charge in [0.1, 0.15) is 5.82 Å². The SMILES string of the molecule is CC(C)CC(N)c1c(F)cccc1Cl. The van der Waals surface area contributed by atoms with E-state index >= 15 is 0 Å². The molecule has 1 nitrogen and oxygen atoms in total. The number of nitrogens with two attached hydrogens (primary N) is 1. The lowest BCUT2D eigenvalue weighted by Crippen LogP contribution is -2.15. The predicted octanol–water partition coefficient (Wildman–Crippen LogP) is 3.53. The van der Waals surface area contributed by atoms with Crippen LogP contribution in [0.2, 0.25) is 5.02 Å². The lowest BCUT2D eigenvalue weighted by Gasteiger charge is -2.16. The van der Waals surface area contributed by atoms with E-state index in [0.717, 1.165) is 6.42 Å². The second-order valence-electron chi connectivity index (χ2n) is 3.87. The highest BCUT2D eigenvalue weighted by Gasteiger charge is 2.15. The summed E-state index contributed by atoms with van der Waals surface area (Å²) in [6.07, 6.45) is 0.737. The van der Waals surface area contributed by atoms with E-state index in [1.54, 1.807) is 12.1 Å². The minimum atomic E-state index is -0.316. The summed E-state index contributed by atoms with van der Waals surface area (Å²) in [7, 11) is 0. The molecule has 0 aliphatic rings. The van der Waals surface area contributed by atoms with Crippen molar-refractivity contribution in [2.45, 2.75) is 26.3 Å². The first kappa shape index (κ1) is 11.5. The Labute approximate surface area is 89.1 Å². The molecule has 78 valence electrons. The summed E-state index contributed by atoms with van der Waals surface area (Å²) in [5.74, 6) is 0.117. The molecule has 1 aromatic carbocycles. The molecular weight excluding hydrogens is 201 g/mol. The molecule has 0 aliphatic heterocycles. The molecule has 0 saturated heterocycles. The predicted molar refractivity (Wildman–Crippen MR) is 57.8 cm³/mol. The third-order valence-corrected chi connectivity index (χ3v) is 2.43. The van der Waals surface area contributed by atoms with Gasteiger partial charge in [0.15, 0.2) is 0 Å². The topological polar surface area (TPSA) is 26.0 Å². The first-order valence-corrected chi connectivity index (χ1v) is 5.09. The fraction of sp³-hybridized carbons (Fsp3) is 0.455. The second-order valence-corrected chi connectivity index (χ2v) is 4.28. The number of hydrogen-bond donors (Lipinski definition) is 1. The summed E-state index contributed by atoms with van der Waals surface area (Å²) >= 11 is 5.89. The van der Waals surface area contributed by atoms with Crippen LogP contribution < -0.4 is 5.73 Å². The van der Waals surface area contributed by atoms with Crippen LogP contribution in [-0.2, 0) is 0 Å². The maximum absolute atomic E-state index is 13.4. The molecule has 3 heteroatoms. The Hall–Kier alpha value is -0.600. The van der Waals surface area contributed by atoms with E-state index in [2.05, 4.69) is 13.8 Å². The number of halogens is 2. The Morgan fingerprint density at radius 3 is 2.57 bits per heavy atom. The van der Waals surface area contributed by atoms with Gasteiger partial charge in [-0.25, -0.2) is 4.39 Å². The van der Waals surface area contributed by atoms with Gasteiger partial charge in [0, 0.05) is 16.6 Å². The van der Waals surface area contributed by atoms with Crippen LogP contribution in [-0.4, -0.2) is 0 Å². The largest absolute Gasteiger partial charge is 0.324 e. The first-order chi connectivity index (χ1) is 6.52. The molecule has 14 heavy (non-hydrogen) atoms. The minimum absolute atomic E-state index is 0.314. The molecule has 0 spiro atoms. The van der Waals surface area contributed by atoms with Gasteiger partial charge in [-0.1, -0.05) is 31.5 Å². The lowest BCUT2D eigenvalue weighted by atomic mass is 9.97. The van der Waals surface area contributed by atoms with E-state index in [0.29, 0.717) is 16.5 Å². The quantitative estimate of drug-likeness (QED) is 0.820. The van der Waals surface area contributed by atoms with Gasteiger partial charge in [0.2, 0.25) is 0 Å². The third-order valence-electron chi connectivity index (χ3n) is 2.10. The van der Waals surface area contributed by atoms with Gasteiger partial charge in [-0.2, -0.15) is 0 Å². The highest BCUT2D eigenvalue weighted by Crippen LogP contribution is 2.28. The molecule has 0 saturated carbocycles. The van der Waals surface area contributed by atoms with E-state index in [-0.39, 0.29) is 11.9 Å². The number of rotatable bonds is 3. The zero-order chi connectivity index (χ0) is 10.7. The Bertz CT molecular complexity index is 292. The summed E-state index contributed by atoms with van der Waals surface area (Å²) in [5, 5.41) is 0.415. The first-order valence-electron chi connectivity index (χ1n) is 4.72. The van der Waals surface area contributed by atoms with Crippen molar-refractivity contribution in [1.29, 1.82) is 0 Å². The van der Waals surface area contributed by atoms with Gasteiger partial charge in [-0.3, -0.25) is 0 Å². The van der Waals surface area contributed by atoms with Crippen molar-refractivity contribution in [1.82, 2.24) is 0 Å². The fourth-order valence-electron chi connectivity index (χ4n) is 1.49. The molecule has 0 aliphatic carbocycles. The fourth-order valence-corrected chi connectivity index (χ4v) is 1.79. The van der Waals surface area contributed by atoms with E-state index in [1.165, 1.54) is 6.07 Å². The van der Waals surface area contributed by atoms with Crippen molar-refractivity contribution in [2.75, 3.05) is 0 Å². The van der Waals surface area contributed by atoms with Crippen molar-refractivity contribution in [2.24, 2.45) is 11.7 Å². The second kappa shape index (κ2) is 4.76. The third kappa shape index (κ3) is 2.69. The van der Waals surface area contributed by atoms with E-state index in [1.807, 2.05) is 0 Å². The molecule has 2 N–H and O–H groups in total. The molecule has 1 aromatic rings. The summed E-state index contributed by atoms with van der Waals surface area (Å²) < 4.78 is 13.4. The highest BCUT2D eigenvalue weighted by molar-refractivity contribution is 6.31. The van der Waals surface area contributed by atoms with Gasteiger partial charge in [-0.15, -0.1) is 0 Å². The van der Waals surface area contributed by atoms with Crippen LogP contribution in [0.25, 0.3) is 0 Å². The van der Waals surface area contributed by atoms with Crippen LogP contribution in [0.4, 0.5) is 4.39 Å². The highest BCUT2D eigenvalue weighted by atomic mass is 35.5. The molecule has 0 bridgehead atoms. The van der Waals surface area contributed by atoms with Crippen molar-refractivity contribution in [3.8, 4) is 0 Å². The minimum Gasteiger partial charge on any atom is -0.324 e. The molecule has 0 radical (unpaired) electrons. The number of hydrogen-bond acceptors (Lipinski definition) is 1. The summed E-state index contributed by atoms with van der Waals surface area (Å²) in [4.78, 5) is 0. The molecule has 0 heterocycles. The Morgan fingerprint density at radius 1 is 1.43 bits per heavy atom. The van der Waals surface area contributed by atoms with Crippen LogP contribution in [0.5, 0.6) is 0 Å².